The van der Waals surface area contributed by atoms with E-state index in [2.05, 4.69) is 15.5 Å². The summed E-state index contributed by atoms with van der Waals surface area (Å²) in [5.41, 5.74) is 1.66. The maximum absolute atomic E-state index is 11.8. The van der Waals surface area contributed by atoms with Crippen LogP contribution in [0.25, 0.3) is 0 Å². The number of benzene rings is 1. The molecule has 0 spiro atoms. The van der Waals surface area contributed by atoms with Crippen molar-refractivity contribution >= 4 is 35.0 Å². The Morgan fingerprint density at radius 1 is 1.30 bits per heavy atom. The Morgan fingerprint density at radius 3 is 2.70 bits per heavy atom. The predicted molar refractivity (Wildman–Crippen MR) is 91.2 cm³/mol. The van der Waals surface area contributed by atoms with Gasteiger partial charge in [-0.2, -0.15) is 0 Å². The first kappa shape index (κ1) is 17.4. The van der Waals surface area contributed by atoms with Gasteiger partial charge in [0.15, 0.2) is 0 Å². The maximum Gasteiger partial charge on any atom is 0.407 e. The van der Waals surface area contributed by atoms with Gasteiger partial charge in [0.05, 0.1) is 17.3 Å². The van der Waals surface area contributed by atoms with E-state index in [0.717, 1.165) is 18.8 Å². The maximum atomic E-state index is 11.8. The van der Waals surface area contributed by atoms with Crippen LogP contribution >= 0.6 is 11.6 Å². The first-order chi connectivity index (χ1) is 11.1. The molecule has 7 heteroatoms. The molecule has 6 nitrogen and oxygen atoms in total. The van der Waals surface area contributed by atoms with Gasteiger partial charge in [0.1, 0.15) is 0 Å². The summed E-state index contributed by atoms with van der Waals surface area (Å²) >= 11 is 6.31. The van der Waals surface area contributed by atoms with Crippen molar-refractivity contribution in [3.8, 4) is 0 Å². The Kier molecular flexibility index (Phi) is 6.52. The van der Waals surface area contributed by atoms with Gasteiger partial charge in [0.25, 0.3) is 0 Å². The van der Waals surface area contributed by atoms with E-state index in [1.54, 1.807) is 13.0 Å². The standard InChI is InChI=1S/C16H22ClN3O3/c1-2-23-16(22)18-8-7-15(21)19-12-5-6-14(13(17)11-12)20-9-3-4-10-20/h5-6,11H,2-4,7-10H2,1H3,(H,18,22)(H,19,21). The third kappa shape index (κ3) is 5.32. The van der Waals surface area contributed by atoms with E-state index < -0.39 is 6.09 Å². The van der Waals surface area contributed by atoms with Crippen LogP contribution in [0.5, 0.6) is 0 Å². The molecular formula is C16H22ClN3O3. The van der Waals surface area contributed by atoms with Crippen LogP contribution in [-0.2, 0) is 9.53 Å². The lowest BCUT2D eigenvalue weighted by molar-refractivity contribution is -0.116. The number of carbonyl (C=O) groups excluding carboxylic acids is 2. The lowest BCUT2D eigenvalue weighted by Gasteiger charge is -2.19. The van der Waals surface area contributed by atoms with E-state index in [-0.39, 0.29) is 18.9 Å². The molecule has 2 amide bonds. The molecule has 1 fully saturated rings. The highest BCUT2D eigenvalue weighted by Gasteiger charge is 2.15. The first-order valence-corrected chi connectivity index (χ1v) is 8.23. The number of carbonyl (C=O) groups is 2. The van der Waals surface area contributed by atoms with Gasteiger partial charge in [-0.15, -0.1) is 0 Å². The average Bonchev–Trinajstić information content (AvgIpc) is 3.01. The minimum absolute atomic E-state index is 0.171. The number of hydrogen-bond acceptors (Lipinski definition) is 4. The van der Waals surface area contributed by atoms with E-state index in [1.807, 2.05) is 12.1 Å². The molecule has 23 heavy (non-hydrogen) atoms. The molecule has 0 aromatic heterocycles. The van der Waals surface area contributed by atoms with Crippen LogP contribution in [0.4, 0.5) is 16.2 Å². The topological polar surface area (TPSA) is 70.7 Å². The average molecular weight is 340 g/mol. The Balaban J connectivity index is 1.81. The van der Waals surface area contributed by atoms with Gasteiger partial charge in [-0.05, 0) is 38.0 Å². The fraction of sp³-hybridized carbons (Fsp3) is 0.500. The van der Waals surface area contributed by atoms with E-state index in [4.69, 9.17) is 16.3 Å². The van der Waals surface area contributed by atoms with E-state index >= 15 is 0 Å². The number of alkyl carbamates (subject to hydrolysis) is 1. The summed E-state index contributed by atoms with van der Waals surface area (Å²) in [6.45, 7) is 4.29. The fourth-order valence-electron chi connectivity index (χ4n) is 2.48. The lowest BCUT2D eigenvalue weighted by Crippen LogP contribution is -2.28. The van der Waals surface area contributed by atoms with Crippen molar-refractivity contribution in [1.82, 2.24) is 5.32 Å². The minimum Gasteiger partial charge on any atom is -0.450 e. The molecule has 0 saturated carbocycles. The van der Waals surface area contributed by atoms with E-state index in [0.29, 0.717) is 17.3 Å². The highest BCUT2D eigenvalue weighted by Crippen LogP contribution is 2.31. The van der Waals surface area contributed by atoms with Crippen molar-refractivity contribution in [3.63, 3.8) is 0 Å². The van der Waals surface area contributed by atoms with Crippen molar-refractivity contribution in [2.45, 2.75) is 26.2 Å². The molecule has 1 aliphatic heterocycles. The smallest absolute Gasteiger partial charge is 0.407 e. The zero-order valence-corrected chi connectivity index (χ0v) is 14.0. The Hall–Kier alpha value is -1.95. The molecule has 1 aromatic rings. The van der Waals surface area contributed by atoms with Crippen LogP contribution in [0.15, 0.2) is 18.2 Å². The van der Waals surface area contributed by atoms with Crippen molar-refractivity contribution in [3.05, 3.63) is 23.2 Å². The number of ether oxygens (including phenoxy) is 1. The zero-order valence-electron chi connectivity index (χ0n) is 13.2. The Morgan fingerprint density at radius 2 is 2.04 bits per heavy atom. The third-order valence-corrected chi connectivity index (χ3v) is 3.88. The SMILES string of the molecule is CCOC(=O)NCCC(=O)Nc1ccc(N2CCCC2)c(Cl)c1. The van der Waals surface area contributed by atoms with Crippen LogP contribution in [0.2, 0.25) is 5.02 Å². The summed E-state index contributed by atoms with van der Waals surface area (Å²) in [5.74, 6) is -0.188. The second-order valence-corrected chi connectivity index (χ2v) is 5.71. The number of anilines is 2. The van der Waals surface area contributed by atoms with Gasteiger partial charge in [-0.25, -0.2) is 4.79 Å². The van der Waals surface area contributed by atoms with Crippen LogP contribution in [0.3, 0.4) is 0 Å². The lowest BCUT2D eigenvalue weighted by atomic mass is 10.2. The van der Waals surface area contributed by atoms with Crippen LogP contribution in [0.1, 0.15) is 26.2 Å². The normalized spacial score (nSPS) is 13.7. The predicted octanol–water partition coefficient (Wildman–Crippen LogP) is 3.01. The molecule has 0 bridgehead atoms. The van der Waals surface area contributed by atoms with Crippen LogP contribution < -0.4 is 15.5 Å². The Bertz CT molecular complexity index is 560. The summed E-state index contributed by atoms with van der Waals surface area (Å²) in [6, 6.07) is 5.53. The van der Waals surface area contributed by atoms with Gasteiger partial charge in [0.2, 0.25) is 5.91 Å². The molecule has 1 saturated heterocycles. The molecule has 0 unspecified atom stereocenters. The number of nitrogens with one attached hydrogen (secondary N) is 2. The minimum atomic E-state index is -0.515. The molecule has 0 aliphatic carbocycles. The van der Waals surface area contributed by atoms with Gasteiger partial charge in [-0.3, -0.25) is 4.79 Å². The molecule has 1 aromatic carbocycles. The summed E-state index contributed by atoms with van der Waals surface area (Å²) in [5, 5.41) is 5.91. The Labute approximate surface area is 141 Å². The molecule has 2 N–H and O–H groups in total. The summed E-state index contributed by atoms with van der Waals surface area (Å²) in [4.78, 5) is 25.2. The third-order valence-electron chi connectivity index (χ3n) is 3.58. The highest BCUT2D eigenvalue weighted by molar-refractivity contribution is 6.33. The number of rotatable bonds is 6. The second kappa shape index (κ2) is 8.62. The summed E-state index contributed by atoms with van der Waals surface area (Å²) < 4.78 is 4.72. The molecule has 0 atom stereocenters. The first-order valence-electron chi connectivity index (χ1n) is 7.85. The van der Waals surface area contributed by atoms with Gasteiger partial charge in [0, 0.05) is 31.7 Å². The largest absolute Gasteiger partial charge is 0.450 e. The van der Waals surface area contributed by atoms with Crippen molar-refractivity contribution in [1.29, 1.82) is 0 Å². The number of amides is 2. The van der Waals surface area contributed by atoms with Crippen molar-refractivity contribution < 1.29 is 14.3 Å². The van der Waals surface area contributed by atoms with E-state index in [1.165, 1.54) is 12.8 Å². The van der Waals surface area contributed by atoms with Crippen molar-refractivity contribution in [2.75, 3.05) is 36.5 Å². The highest BCUT2D eigenvalue weighted by atomic mass is 35.5. The van der Waals surface area contributed by atoms with Gasteiger partial charge < -0.3 is 20.3 Å². The van der Waals surface area contributed by atoms with Crippen LogP contribution in [-0.4, -0.2) is 38.2 Å². The second-order valence-electron chi connectivity index (χ2n) is 5.31. The zero-order chi connectivity index (χ0) is 16.7. The number of halogens is 1. The quantitative estimate of drug-likeness (QED) is 0.835. The number of nitrogens with zero attached hydrogens (tertiary/aromatic N) is 1. The van der Waals surface area contributed by atoms with Gasteiger partial charge in [-0.1, -0.05) is 11.6 Å². The monoisotopic (exact) mass is 339 g/mol. The number of hydrogen-bond donors (Lipinski definition) is 2. The molecule has 1 heterocycles. The molecule has 126 valence electrons. The van der Waals surface area contributed by atoms with Crippen molar-refractivity contribution in [2.24, 2.45) is 0 Å². The summed E-state index contributed by atoms with van der Waals surface area (Å²) in [6.07, 6.45) is 2.02. The molecule has 2 rings (SSSR count). The molecular weight excluding hydrogens is 318 g/mol. The molecule has 1 aliphatic rings. The van der Waals surface area contributed by atoms with Crippen LogP contribution in [0, 0.1) is 0 Å². The fourth-order valence-corrected chi connectivity index (χ4v) is 2.78. The van der Waals surface area contributed by atoms with Gasteiger partial charge >= 0.3 is 6.09 Å². The van der Waals surface area contributed by atoms with E-state index in [9.17, 15) is 9.59 Å². The molecule has 0 radical (unpaired) electrons. The summed E-state index contributed by atoms with van der Waals surface area (Å²) in [7, 11) is 0.